The first-order chi connectivity index (χ1) is 10.1. The molecule has 1 heterocycles. The minimum Gasteiger partial charge on any atom is -0.481 e. The third kappa shape index (κ3) is 6.80. The number of azide groups is 1. The molecule has 0 aromatic heterocycles. The number of nitrogens with zero attached hydrogens (tertiary/aromatic N) is 3. The summed E-state index contributed by atoms with van der Waals surface area (Å²) < 4.78 is 11.0. The van der Waals surface area contributed by atoms with Gasteiger partial charge in [-0.1, -0.05) is 44.1 Å². The van der Waals surface area contributed by atoms with Crippen molar-refractivity contribution in [1.29, 1.82) is 0 Å². The molecule has 1 rings (SSSR count). The van der Waals surface area contributed by atoms with E-state index in [-0.39, 0.29) is 12.5 Å². The van der Waals surface area contributed by atoms with E-state index in [4.69, 9.17) is 20.1 Å². The van der Waals surface area contributed by atoms with E-state index in [9.17, 15) is 4.79 Å². The molecule has 0 saturated carbocycles. The molecule has 120 valence electrons. The van der Waals surface area contributed by atoms with Crippen molar-refractivity contribution < 1.29 is 19.4 Å². The molecule has 0 bridgehead atoms. The second-order valence-electron chi connectivity index (χ2n) is 5.44. The molecule has 1 saturated heterocycles. The van der Waals surface area contributed by atoms with Crippen molar-refractivity contribution in [3.63, 3.8) is 0 Å². The third-order valence-corrected chi connectivity index (χ3v) is 3.64. The number of carbonyl (C=O) groups is 1. The van der Waals surface area contributed by atoms with Crippen LogP contribution >= 0.6 is 0 Å². The average molecular weight is 299 g/mol. The number of rotatable bonds is 11. The molecule has 1 aliphatic heterocycles. The molecule has 1 fully saturated rings. The molecule has 0 spiro atoms. The SMILES string of the molecule is CCCCCCCC(CC1(CC(=O)O)OCCO1)N=[N+]=[N-]. The van der Waals surface area contributed by atoms with Gasteiger partial charge < -0.3 is 14.6 Å². The van der Waals surface area contributed by atoms with Crippen LogP contribution in [0.5, 0.6) is 0 Å². The van der Waals surface area contributed by atoms with Gasteiger partial charge in [0.15, 0.2) is 5.79 Å². The van der Waals surface area contributed by atoms with Crippen LogP contribution in [-0.2, 0) is 14.3 Å². The fourth-order valence-electron chi connectivity index (χ4n) is 2.64. The van der Waals surface area contributed by atoms with Gasteiger partial charge in [0.1, 0.15) is 0 Å². The normalized spacial score (nSPS) is 18.1. The summed E-state index contributed by atoms with van der Waals surface area (Å²) in [6, 6.07) is -0.283. The highest BCUT2D eigenvalue weighted by atomic mass is 16.7. The molecule has 0 radical (unpaired) electrons. The van der Waals surface area contributed by atoms with Gasteiger partial charge in [-0.15, -0.1) is 0 Å². The first-order valence-electron chi connectivity index (χ1n) is 7.66. The van der Waals surface area contributed by atoms with Gasteiger partial charge in [-0.2, -0.15) is 0 Å². The minimum absolute atomic E-state index is 0.222. The van der Waals surface area contributed by atoms with Crippen molar-refractivity contribution >= 4 is 5.97 Å². The summed E-state index contributed by atoms with van der Waals surface area (Å²) >= 11 is 0. The molecule has 0 aromatic carbocycles. The summed E-state index contributed by atoms with van der Waals surface area (Å²) in [6.45, 7) is 2.92. The van der Waals surface area contributed by atoms with Crippen molar-refractivity contribution in [1.82, 2.24) is 0 Å². The Morgan fingerprint density at radius 3 is 2.57 bits per heavy atom. The van der Waals surface area contributed by atoms with Crippen LogP contribution in [0, 0.1) is 0 Å². The van der Waals surface area contributed by atoms with Crippen LogP contribution in [-0.4, -0.2) is 36.1 Å². The van der Waals surface area contributed by atoms with Gasteiger partial charge in [-0.3, -0.25) is 4.79 Å². The average Bonchev–Trinajstić information content (AvgIpc) is 2.86. The second kappa shape index (κ2) is 9.60. The number of carboxylic acids is 1. The van der Waals surface area contributed by atoms with E-state index in [1.165, 1.54) is 19.3 Å². The molecule has 1 unspecified atom stereocenters. The number of hydrogen-bond donors (Lipinski definition) is 1. The molecule has 0 amide bonds. The van der Waals surface area contributed by atoms with E-state index in [0.29, 0.717) is 19.6 Å². The molecular formula is C14H25N3O4. The van der Waals surface area contributed by atoms with Crippen molar-refractivity contribution in [2.24, 2.45) is 5.11 Å². The first-order valence-corrected chi connectivity index (χ1v) is 7.66. The van der Waals surface area contributed by atoms with Crippen LogP contribution in [0.1, 0.15) is 58.3 Å². The van der Waals surface area contributed by atoms with Crippen molar-refractivity contribution in [3.8, 4) is 0 Å². The molecule has 1 atom stereocenters. The molecule has 1 aliphatic rings. The minimum atomic E-state index is -1.13. The number of aliphatic carboxylic acids is 1. The van der Waals surface area contributed by atoms with E-state index >= 15 is 0 Å². The monoisotopic (exact) mass is 299 g/mol. The molecule has 0 aromatic rings. The summed E-state index contributed by atoms with van der Waals surface area (Å²) in [5.74, 6) is -2.10. The van der Waals surface area contributed by atoms with Crippen molar-refractivity contribution in [2.45, 2.75) is 70.1 Å². The Morgan fingerprint density at radius 1 is 1.33 bits per heavy atom. The quantitative estimate of drug-likeness (QED) is 0.272. The summed E-state index contributed by atoms with van der Waals surface area (Å²) in [7, 11) is 0. The third-order valence-electron chi connectivity index (χ3n) is 3.64. The van der Waals surface area contributed by atoms with Crippen LogP contribution in [0.2, 0.25) is 0 Å². The van der Waals surface area contributed by atoms with E-state index in [0.717, 1.165) is 19.3 Å². The lowest BCUT2D eigenvalue weighted by Crippen LogP contribution is -2.36. The Labute approximate surface area is 125 Å². The standard InChI is InChI=1S/C14H25N3O4/c1-2-3-4-5-6-7-12(16-17-15)10-14(11-13(18)19)20-8-9-21-14/h12H,2-11H2,1H3,(H,18,19). The van der Waals surface area contributed by atoms with Crippen LogP contribution in [0.15, 0.2) is 5.11 Å². The predicted octanol–water partition coefficient (Wildman–Crippen LogP) is 3.63. The van der Waals surface area contributed by atoms with Gasteiger partial charge in [0.2, 0.25) is 0 Å². The maximum atomic E-state index is 11.0. The highest BCUT2D eigenvalue weighted by molar-refractivity contribution is 5.67. The molecule has 1 N–H and O–H groups in total. The van der Waals surface area contributed by atoms with Gasteiger partial charge in [0, 0.05) is 17.4 Å². The Bertz CT molecular complexity index is 363. The van der Waals surface area contributed by atoms with Crippen LogP contribution in [0.3, 0.4) is 0 Å². The van der Waals surface area contributed by atoms with Gasteiger partial charge in [-0.05, 0) is 12.0 Å². The Kier molecular flexibility index (Phi) is 8.12. The fraction of sp³-hybridized carbons (Fsp3) is 0.929. The zero-order chi connectivity index (χ0) is 15.6. The van der Waals surface area contributed by atoms with Crippen molar-refractivity contribution in [3.05, 3.63) is 10.4 Å². The zero-order valence-electron chi connectivity index (χ0n) is 12.7. The Morgan fingerprint density at radius 2 is 2.00 bits per heavy atom. The molecular weight excluding hydrogens is 274 g/mol. The maximum Gasteiger partial charge on any atom is 0.308 e. The highest BCUT2D eigenvalue weighted by Crippen LogP contribution is 2.31. The maximum absolute atomic E-state index is 11.0. The number of unbranched alkanes of at least 4 members (excludes halogenated alkanes) is 4. The molecule has 0 aliphatic carbocycles. The van der Waals surface area contributed by atoms with Crippen molar-refractivity contribution in [2.75, 3.05) is 13.2 Å². The highest BCUT2D eigenvalue weighted by Gasteiger charge is 2.40. The number of hydrogen-bond acceptors (Lipinski definition) is 4. The molecule has 21 heavy (non-hydrogen) atoms. The smallest absolute Gasteiger partial charge is 0.308 e. The largest absolute Gasteiger partial charge is 0.481 e. The summed E-state index contributed by atoms with van der Waals surface area (Å²) in [4.78, 5) is 13.8. The topological polar surface area (TPSA) is 105 Å². The van der Waals surface area contributed by atoms with E-state index in [2.05, 4.69) is 16.9 Å². The van der Waals surface area contributed by atoms with Crippen LogP contribution < -0.4 is 0 Å². The summed E-state index contributed by atoms with van der Waals surface area (Å²) in [5, 5.41) is 12.8. The van der Waals surface area contributed by atoms with Gasteiger partial charge >= 0.3 is 5.97 Å². The number of carboxylic acid groups (broad SMARTS) is 1. The van der Waals surface area contributed by atoms with E-state index in [1.54, 1.807) is 0 Å². The van der Waals surface area contributed by atoms with E-state index < -0.39 is 11.8 Å². The Hall–Kier alpha value is -1.30. The van der Waals surface area contributed by atoms with Gasteiger partial charge in [-0.25, -0.2) is 0 Å². The molecule has 7 heteroatoms. The van der Waals surface area contributed by atoms with Gasteiger partial charge in [0.05, 0.1) is 19.6 Å². The predicted molar refractivity (Wildman–Crippen MR) is 77.8 cm³/mol. The van der Waals surface area contributed by atoms with Crippen LogP contribution in [0.4, 0.5) is 0 Å². The summed E-state index contributed by atoms with van der Waals surface area (Å²) in [6.07, 6.45) is 6.45. The lowest BCUT2D eigenvalue weighted by atomic mass is 9.98. The lowest BCUT2D eigenvalue weighted by Gasteiger charge is -2.28. The van der Waals surface area contributed by atoms with Gasteiger partial charge in [0.25, 0.3) is 0 Å². The Balaban J connectivity index is 2.50. The summed E-state index contributed by atoms with van der Waals surface area (Å²) in [5.41, 5.74) is 8.68. The van der Waals surface area contributed by atoms with E-state index in [1.807, 2.05) is 0 Å². The fourth-order valence-corrected chi connectivity index (χ4v) is 2.64. The first kappa shape index (κ1) is 17.8. The second-order valence-corrected chi connectivity index (χ2v) is 5.44. The zero-order valence-corrected chi connectivity index (χ0v) is 12.7. The number of ether oxygens (including phenoxy) is 2. The van der Waals surface area contributed by atoms with Crippen LogP contribution in [0.25, 0.3) is 10.4 Å². The molecule has 7 nitrogen and oxygen atoms in total. The lowest BCUT2D eigenvalue weighted by molar-refractivity contribution is -0.183.